The van der Waals surface area contributed by atoms with Crippen LogP contribution in [0, 0.1) is 5.92 Å². The van der Waals surface area contributed by atoms with Gasteiger partial charge in [0.2, 0.25) is 0 Å². The van der Waals surface area contributed by atoms with E-state index >= 15 is 0 Å². The van der Waals surface area contributed by atoms with Crippen LogP contribution < -0.4 is 0 Å². The SMILES string of the molecule is CCC1CCCC(N2CCC(C)(O)C2)C1. The fourth-order valence-electron chi connectivity index (χ4n) is 3.26. The minimum Gasteiger partial charge on any atom is -0.389 e. The van der Waals surface area contributed by atoms with Crippen LogP contribution in [0.25, 0.3) is 0 Å². The van der Waals surface area contributed by atoms with Gasteiger partial charge in [0.1, 0.15) is 0 Å². The summed E-state index contributed by atoms with van der Waals surface area (Å²) in [6.45, 7) is 6.29. The van der Waals surface area contributed by atoms with Crippen LogP contribution >= 0.6 is 0 Å². The van der Waals surface area contributed by atoms with Gasteiger partial charge >= 0.3 is 0 Å². The molecule has 1 aliphatic heterocycles. The number of likely N-dealkylation sites (tertiary alicyclic amines) is 1. The first kappa shape index (κ1) is 11.4. The van der Waals surface area contributed by atoms with Crippen molar-refractivity contribution in [1.82, 2.24) is 4.90 Å². The molecular formula is C13H25NO. The van der Waals surface area contributed by atoms with Crippen molar-refractivity contribution in [2.45, 2.75) is 64.0 Å². The second kappa shape index (κ2) is 4.42. The van der Waals surface area contributed by atoms with Crippen molar-refractivity contribution >= 4 is 0 Å². The zero-order valence-electron chi connectivity index (χ0n) is 10.2. The summed E-state index contributed by atoms with van der Waals surface area (Å²) in [7, 11) is 0. The number of aliphatic hydroxyl groups is 1. The maximum absolute atomic E-state index is 9.98. The average Bonchev–Trinajstić information content (AvgIpc) is 2.59. The molecule has 2 fully saturated rings. The normalized spacial score (nSPS) is 43.4. The molecule has 0 bridgehead atoms. The summed E-state index contributed by atoms with van der Waals surface area (Å²) >= 11 is 0. The Kier molecular flexibility index (Phi) is 3.36. The first-order valence-corrected chi connectivity index (χ1v) is 6.57. The third kappa shape index (κ3) is 2.73. The Morgan fingerprint density at radius 3 is 2.80 bits per heavy atom. The van der Waals surface area contributed by atoms with Crippen LogP contribution in [0.15, 0.2) is 0 Å². The Morgan fingerprint density at radius 2 is 2.20 bits per heavy atom. The third-order valence-electron chi connectivity index (χ3n) is 4.33. The molecule has 1 aliphatic carbocycles. The lowest BCUT2D eigenvalue weighted by molar-refractivity contribution is 0.0545. The summed E-state index contributed by atoms with van der Waals surface area (Å²) in [6, 6.07) is 0.762. The Balaban J connectivity index is 1.88. The predicted octanol–water partition coefficient (Wildman–Crippen LogP) is 2.41. The van der Waals surface area contributed by atoms with Gasteiger partial charge in [0.05, 0.1) is 5.60 Å². The van der Waals surface area contributed by atoms with Crippen LogP contribution in [0.2, 0.25) is 0 Å². The lowest BCUT2D eigenvalue weighted by atomic mass is 9.83. The molecule has 1 N–H and O–H groups in total. The van der Waals surface area contributed by atoms with Crippen LogP contribution in [0.3, 0.4) is 0 Å². The lowest BCUT2D eigenvalue weighted by Crippen LogP contribution is -2.39. The molecule has 2 nitrogen and oxygen atoms in total. The Bertz CT molecular complexity index is 215. The highest BCUT2D eigenvalue weighted by Crippen LogP contribution is 2.33. The fraction of sp³-hybridized carbons (Fsp3) is 1.00. The molecule has 0 radical (unpaired) electrons. The van der Waals surface area contributed by atoms with E-state index in [9.17, 15) is 5.11 Å². The summed E-state index contributed by atoms with van der Waals surface area (Å²) in [5.74, 6) is 0.939. The number of β-amino-alcohol motifs (C(OH)–C–C–N with tert-alkyl or cyclic N) is 1. The Labute approximate surface area is 93.7 Å². The highest BCUT2D eigenvalue weighted by Gasteiger charge is 2.36. The average molecular weight is 211 g/mol. The monoisotopic (exact) mass is 211 g/mol. The second-order valence-corrected chi connectivity index (χ2v) is 5.81. The van der Waals surface area contributed by atoms with E-state index in [1.807, 2.05) is 6.92 Å². The Hall–Kier alpha value is -0.0800. The standard InChI is InChI=1S/C13H25NO/c1-3-11-5-4-6-12(9-11)14-8-7-13(2,15)10-14/h11-12,15H,3-10H2,1-2H3. The van der Waals surface area contributed by atoms with E-state index in [0.717, 1.165) is 31.5 Å². The molecule has 2 rings (SSSR count). The molecule has 0 aromatic rings. The van der Waals surface area contributed by atoms with Crippen molar-refractivity contribution in [3.63, 3.8) is 0 Å². The smallest absolute Gasteiger partial charge is 0.0758 e. The van der Waals surface area contributed by atoms with Gasteiger partial charge in [-0.1, -0.05) is 26.2 Å². The second-order valence-electron chi connectivity index (χ2n) is 5.81. The van der Waals surface area contributed by atoms with Gasteiger partial charge < -0.3 is 5.11 Å². The van der Waals surface area contributed by atoms with E-state index in [0.29, 0.717) is 0 Å². The zero-order chi connectivity index (χ0) is 10.9. The maximum atomic E-state index is 9.98. The molecule has 3 atom stereocenters. The molecule has 1 heterocycles. The summed E-state index contributed by atoms with van der Waals surface area (Å²) in [5, 5.41) is 9.98. The number of hydrogen-bond donors (Lipinski definition) is 1. The highest BCUT2D eigenvalue weighted by molar-refractivity contribution is 4.91. The molecule has 2 heteroatoms. The van der Waals surface area contributed by atoms with E-state index in [1.54, 1.807) is 0 Å². The molecule has 2 aliphatic rings. The van der Waals surface area contributed by atoms with Gasteiger partial charge in [0.15, 0.2) is 0 Å². The van der Waals surface area contributed by atoms with Crippen LogP contribution in [-0.2, 0) is 0 Å². The van der Waals surface area contributed by atoms with Gasteiger partial charge in [-0.3, -0.25) is 4.90 Å². The van der Waals surface area contributed by atoms with Gasteiger partial charge in [-0.15, -0.1) is 0 Å². The lowest BCUT2D eigenvalue weighted by Gasteiger charge is -2.35. The fourth-order valence-corrected chi connectivity index (χ4v) is 3.26. The van der Waals surface area contributed by atoms with Gasteiger partial charge in [0.25, 0.3) is 0 Å². The number of hydrogen-bond acceptors (Lipinski definition) is 2. The predicted molar refractivity (Wildman–Crippen MR) is 62.9 cm³/mol. The molecule has 0 aromatic carbocycles. The van der Waals surface area contributed by atoms with Gasteiger partial charge in [-0.2, -0.15) is 0 Å². The quantitative estimate of drug-likeness (QED) is 0.758. The number of nitrogens with zero attached hydrogens (tertiary/aromatic N) is 1. The molecule has 88 valence electrons. The van der Waals surface area contributed by atoms with E-state index in [2.05, 4.69) is 11.8 Å². The van der Waals surface area contributed by atoms with E-state index in [-0.39, 0.29) is 0 Å². The zero-order valence-corrected chi connectivity index (χ0v) is 10.2. The van der Waals surface area contributed by atoms with Crippen molar-refractivity contribution in [2.75, 3.05) is 13.1 Å². The van der Waals surface area contributed by atoms with E-state index in [1.165, 1.54) is 32.1 Å². The summed E-state index contributed by atoms with van der Waals surface area (Å²) in [6.07, 6.45) is 7.83. The summed E-state index contributed by atoms with van der Waals surface area (Å²) < 4.78 is 0. The van der Waals surface area contributed by atoms with Crippen LogP contribution in [0.5, 0.6) is 0 Å². The molecule has 1 saturated carbocycles. The molecule has 0 amide bonds. The van der Waals surface area contributed by atoms with Crippen LogP contribution in [-0.4, -0.2) is 34.7 Å². The number of rotatable bonds is 2. The van der Waals surface area contributed by atoms with Gasteiger partial charge in [-0.25, -0.2) is 0 Å². The Morgan fingerprint density at radius 1 is 1.40 bits per heavy atom. The first-order valence-electron chi connectivity index (χ1n) is 6.57. The van der Waals surface area contributed by atoms with Gasteiger partial charge in [-0.05, 0) is 32.1 Å². The minimum absolute atomic E-state index is 0.418. The molecular weight excluding hydrogens is 186 g/mol. The van der Waals surface area contributed by atoms with Crippen molar-refractivity contribution in [3.8, 4) is 0 Å². The van der Waals surface area contributed by atoms with Crippen molar-refractivity contribution < 1.29 is 5.11 Å². The molecule has 0 spiro atoms. The van der Waals surface area contributed by atoms with Crippen molar-refractivity contribution in [1.29, 1.82) is 0 Å². The van der Waals surface area contributed by atoms with E-state index in [4.69, 9.17) is 0 Å². The van der Waals surface area contributed by atoms with Gasteiger partial charge in [0, 0.05) is 19.1 Å². The van der Waals surface area contributed by atoms with Crippen LogP contribution in [0.4, 0.5) is 0 Å². The molecule has 1 saturated heterocycles. The third-order valence-corrected chi connectivity index (χ3v) is 4.33. The van der Waals surface area contributed by atoms with Crippen molar-refractivity contribution in [3.05, 3.63) is 0 Å². The molecule has 0 aromatic heterocycles. The topological polar surface area (TPSA) is 23.5 Å². The first-order chi connectivity index (χ1) is 7.11. The van der Waals surface area contributed by atoms with E-state index < -0.39 is 5.60 Å². The molecule has 3 unspecified atom stereocenters. The molecule has 15 heavy (non-hydrogen) atoms. The largest absolute Gasteiger partial charge is 0.389 e. The minimum atomic E-state index is -0.418. The maximum Gasteiger partial charge on any atom is 0.0758 e. The highest BCUT2D eigenvalue weighted by atomic mass is 16.3. The van der Waals surface area contributed by atoms with Crippen molar-refractivity contribution in [2.24, 2.45) is 5.92 Å². The summed E-state index contributed by atoms with van der Waals surface area (Å²) in [5.41, 5.74) is -0.418. The summed E-state index contributed by atoms with van der Waals surface area (Å²) in [4.78, 5) is 2.53. The van der Waals surface area contributed by atoms with Crippen LogP contribution in [0.1, 0.15) is 52.4 Å².